The summed E-state index contributed by atoms with van der Waals surface area (Å²) in [6.07, 6.45) is 0.270. The summed E-state index contributed by atoms with van der Waals surface area (Å²) in [6.45, 7) is 4.12. The van der Waals surface area contributed by atoms with Gasteiger partial charge in [-0.25, -0.2) is 0 Å². The van der Waals surface area contributed by atoms with Gasteiger partial charge < -0.3 is 16.0 Å². The van der Waals surface area contributed by atoms with E-state index in [0.29, 0.717) is 5.69 Å². The minimum atomic E-state index is -0.0313. The summed E-state index contributed by atoms with van der Waals surface area (Å²) in [7, 11) is 1.83. The maximum Gasteiger partial charge on any atom is 0.239 e. The van der Waals surface area contributed by atoms with Crippen molar-refractivity contribution in [2.75, 3.05) is 24.2 Å². The molecule has 0 saturated carbocycles. The Labute approximate surface area is 114 Å². The van der Waals surface area contributed by atoms with E-state index in [4.69, 9.17) is 11.0 Å². The predicted octanol–water partition coefficient (Wildman–Crippen LogP) is 1.30. The number of nitrogens with zero attached hydrogens (tertiary/aromatic N) is 2. The molecule has 0 spiro atoms. The number of hydrogen-bond donors (Lipinski definition) is 2. The molecule has 0 aliphatic rings. The number of benzene rings is 1. The summed E-state index contributed by atoms with van der Waals surface area (Å²) in [5.74, 6) is -0.0313. The number of nitrogens with two attached hydrogens (primary N) is 1. The Hall–Kier alpha value is -2.22. The van der Waals surface area contributed by atoms with Gasteiger partial charge in [0.25, 0.3) is 0 Å². The first-order valence-corrected chi connectivity index (χ1v) is 6.20. The first-order valence-electron chi connectivity index (χ1n) is 6.20. The normalized spacial score (nSPS) is 10.1. The molecule has 0 aliphatic heterocycles. The van der Waals surface area contributed by atoms with Crippen molar-refractivity contribution in [3.8, 4) is 6.07 Å². The van der Waals surface area contributed by atoms with Crippen LogP contribution in [-0.4, -0.2) is 25.5 Å². The molecule has 1 amide bonds. The van der Waals surface area contributed by atoms with Crippen LogP contribution in [0.4, 0.5) is 11.4 Å². The summed E-state index contributed by atoms with van der Waals surface area (Å²) < 4.78 is 0. The van der Waals surface area contributed by atoms with Crippen molar-refractivity contribution in [2.24, 2.45) is 0 Å². The van der Waals surface area contributed by atoms with Gasteiger partial charge in [-0.2, -0.15) is 5.26 Å². The molecule has 5 nitrogen and oxygen atoms in total. The van der Waals surface area contributed by atoms with Gasteiger partial charge in [0.1, 0.15) is 0 Å². The second-order valence-electron chi connectivity index (χ2n) is 4.80. The van der Waals surface area contributed by atoms with E-state index in [2.05, 4.69) is 11.4 Å². The minimum Gasteiger partial charge on any atom is -0.398 e. The number of carbonyl (C=O) groups is 1. The van der Waals surface area contributed by atoms with Crippen LogP contribution in [0.15, 0.2) is 18.2 Å². The Balaban J connectivity index is 2.77. The Kier molecular flexibility index (Phi) is 5.19. The van der Waals surface area contributed by atoms with Crippen LogP contribution in [0.25, 0.3) is 0 Å². The van der Waals surface area contributed by atoms with E-state index in [0.717, 1.165) is 11.3 Å². The molecule has 0 fully saturated rings. The molecule has 1 rings (SSSR count). The molecular formula is C14H20N4O. The highest BCUT2D eigenvalue weighted by molar-refractivity contribution is 5.81. The zero-order valence-electron chi connectivity index (χ0n) is 11.6. The topological polar surface area (TPSA) is 82.2 Å². The second kappa shape index (κ2) is 6.64. The molecule has 102 valence electrons. The van der Waals surface area contributed by atoms with Crippen LogP contribution in [0.1, 0.15) is 19.4 Å². The highest BCUT2D eigenvalue weighted by atomic mass is 16.2. The summed E-state index contributed by atoms with van der Waals surface area (Å²) in [6, 6.07) is 7.66. The van der Waals surface area contributed by atoms with E-state index < -0.39 is 0 Å². The number of amides is 1. The molecule has 1 aromatic carbocycles. The lowest BCUT2D eigenvalue weighted by Crippen LogP contribution is -2.38. The van der Waals surface area contributed by atoms with Crippen molar-refractivity contribution in [3.63, 3.8) is 0 Å². The van der Waals surface area contributed by atoms with E-state index in [9.17, 15) is 4.79 Å². The first-order chi connectivity index (χ1) is 8.93. The van der Waals surface area contributed by atoms with Gasteiger partial charge in [-0.1, -0.05) is 0 Å². The fourth-order valence-corrected chi connectivity index (χ4v) is 1.74. The lowest BCUT2D eigenvalue weighted by Gasteiger charge is -2.20. The summed E-state index contributed by atoms with van der Waals surface area (Å²) >= 11 is 0. The van der Waals surface area contributed by atoms with Crippen LogP contribution in [0.5, 0.6) is 0 Å². The van der Waals surface area contributed by atoms with Gasteiger partial charge in [-0.15, -0.1) is 0 Å². The standard InChI is InChI=1S/C14H20N4O/c1-10(2)17-14(19)9-18(3)12-4-5-13(16)11(8-12)6-7-15/h4-5,8,10H,6,9,16H2,1-3H3,(H,17,19). The van der Waals surface area contributed by atoms with Gasteiger partial charge in [-0.05, 0) is 37.6 Å². The lowest BCUT2D eigenvalue weighted by molar-refractivity contribution is -0.120. The number of carbonyl (C=O) groups excluding carboxylic acids is 1. The smallest absolute Gasteiger partial charge is 0.239 e. The Morgan fingerprint density at radius 1 is 1.53 bits per heavy atom. The molecule has 0 unspecified atom stereocenters. The fourth-order valence-electron chi connectivity index (χ4n) is 1.74. The van der Waals surface area contributed by atoms with Gasteiger partial charge in [0.2, 0.25) is 5.91 Å². The first kappa shape index (κ1) is 14.8. The van der Waals surface area contributed by atoms with Gasteiger partial charge in [0, 0.05) is 24.5 Å². The van der Waals surface area contributed by atoms with Crippen LogP contribution in [0.2, 0.25) is 0 Å². The average molecular weight is 260 g/mol. The molecule has 19 heavy (non-hydrogen) atoms. The van der Waals surface area contributed by atoms with E-state index in [1.807, 2.05) is 37.9 Å². The fraction of sp³-hybridized carbons (Fsp3) is 0.429. The quantitative estimate of drug-likeness (QED) is 0.782. The van der Waals surface area contributed by atoms with Crippen molar-refractivity contribution in [1.29, 1.82) is 5.26 Å². The third-order valence-corrected chi connectivity index (χ3v) is 2.67. The SMILES string of the molecule is CC(C)NC(=O)CN(C)c1ccc(N)c(CC#N)c1. The maximum absolute atomic E-state index is 11.7. The maximum atomic E-state index is 11.7. The molecule has 0 heterocycles. The largest absolute Gasteiger partial charge is 0.398 e. The van der Waals surface area contributed by atoms with Crippen LogP contribution in [-0.2, 0) is 11.2 Å². The van der Waals surface area contributed by atoms with Crippen LogP contribution < -0.4 is 16.0 Å². The Morgan fingerprint density at radius 3 is 2.79 bits per heavy atom. The van der Waals surface area contributed by atoms with E-state index in [1.54, 1.807) is 6.07 Å². The van der Waals surface area contributed by atoms with Gasteiger partial charge >= 0.3 is 0 Å². The van der Waals surface area contributed by atoms with Crippen molar-refractivity contribution < 1.29 is 4.79 Å². The summed E-state index contributed by atoms with van der Waals surface area (Å²) in [4.78, 5) is 13.5. The number of rotatable bonds is 5. The van der Waals surface area contributed by atoms with E-state index >= 15 is 0 Å². The van der Waals surface area contributed by atoms with Crippen molar-refractivity contribution in [2.45, 2.75) is 26.3 Å². The van der Waals surface area contributed by atoms with Crippen molar-refractivity contribution >= 4 is 17.3 Å². The molecular weight excluding hydrogens is 240 g/mol. The highest BCUT2D eigenvalue weighted by Crippen LogP contribution is 2.20. The number of hydrogen-bond acceptors (Lipinski definition) is 4. The molecule has 0 bridgehead atoms. The number of nitriles is 1. The van der Waals surface area contributed by atoms with E-state index in [1.165, 1.54) is 0 Å². The van der Waals surface area contributed by atoms with Gasteiger partial charge in [0.05, 0.1) is 19.0 Å². The highest BCUT2D eigenvalue weighted by Gasteiger charge is 2.10. The molecule has 5 heteroatoms. The lowest BCUT2D eigenvalue weighted by atomic mass is 10.1. The molecule has 0 atom stereocenters. The molecule has 0 aromatic heterocycles. The molecule has 0 saturated heterocycles. The van der Waals surface area contributed by atoms with Crippen LogP contribution >= 0.6 is 0 Å². The van der Waals surface area contributed by atoms with Gasteiger partial charge in [0.15, 0.2) is 0 Å². The monoisotopic (exact) mass is 260 g/mol. The zero-order chi connectivity index (χ0) is 14.4. The molecule has 1 aromatic rings. The molecule has 0 aliphatic carbocycles. The summed E-state index contributed by atoms with van der Waals surface area (Å²) in [5.41, 5.74) is 8.06. The average Bonchev–Trinajstić information content (AvgIpc) is 2.30. The van der Waals surface area contributed by atoms with E-state index in [-0.39, 0.29) is 24.9 Å². The molecule has 3 N–H and O–H groups in total. The third-order valence-electron chi connectivity index (χ3n) is 2.67. The number of anilines is 2. The number of nitrogens with one attached hydrogen (secondary N) is 1. The molecule has 0 radical (unpaired) electrons. The van der Waals surface area contributed by atoms with Gasteiger partial charge in [-0.3, -0.25) is 4.79 Å². The third kappa shape index (κ3) is 4.51. The van der Waals surface area contributed by atoms with Crippen LogP contribution in [0, 0.1) is 11.3 Å². The number of likely N-dealkylation sites (N-methyl/N-ethyl adjacent to an activating group) is 1. The number of nitrogen functional groups attached to an aromatic ring is 1. The van der Waals surface area contributed by atoms with Crippen LogP contribution in [0.3, 0.4) is 0 Å². The summed E-state index contributed by atoms with van der Waals surface area (Å²) in [5, 5.41) is 11.6. The van der Waals surface area contributed by atoms with Crippen molar-refractivity contribution in [1.82, 2.24) is 5.32 Å². The van der Waals surface area contributed by atoms with Crippen molar-refractivity contribution in [3.05, 3.63) is 23.8 Å². The zero-order valence-corrected chi connectivity index (χ0v) is 11.6. The minimum absolute atomic E-state index is 0.0313. The predicted molar refractivity (Wildman–Crippen MR) is 76.7 cm³/mol. The second-order valence-corrected chi connectivity index (χ2v) is 4.80. The Morgan fingerprint density at radius 2 is 2.21 bits per heavy atom. The Bertz CT molecular complexity index is 491.